The summed E-state index contributed by atoms with van der Waals surface area (Å²) in [5.74, 6) is 1.10. The number of carbonyl (C=O) groups is 1. The normalized spacial score (nSPS) is 19.6. The van der Waals surface area contributed by atoms with Gasteiger partial charge in [0.15, 0.2) is 0 Å². The smallest absolute Gasteiger partial charge is 0.427 e. The highest BCUT2D eigenvalue weighted by atomic mass is 32.2. The molecule has 0 aromatic carbocycles. The summed E-state index contributed by atoms with van der Waals surface area (Å²) < 4.78 is 4.64. The standard InChI is InChI=1S/C7H12N2O2S/c1-2-11-7(10)9-8-6-4-3-5-12-6/h2-5H2,1H3,(H,9,10)/b8-6-. The summed E-state index contributed by atoms with van der Waals surface area (Å²) in [6, 6.07) is 0. The van der Waals surface area contributed by atoms with Crippen molar-refractivity contribution in [3.63, 3.8) is 0 Å². The Kier molecular flexibility index (Phi) is 3.93. The van der Waals surface area contributed by atoms with Crippen molar-refractivity contribution in [1.82, 2.24) is 5.43 Å². The lowest BCUT2D eigenvalue weighted by Gasteiger charge is -1.99. The van der Waals surface area contributed by atoms with E-state index >= 15 is 0 Å². The SMILES string of the molecule is CCOC(=O)N/N=C1/CCCS1. The number of hydrogen-bond acceptors (Lipinski definition) is 4. The van der Waals surface area contributed by atoms with Gasteiger partial charge in [0.05, 0.1) is 11.7 Å². The Morgan fingerprint density at radius 1 is 1.83 bits per heavy atom. The van der Waals surface area contributed by atoms with E-state index in [-0.39, 0.29) is 0 Å². The molecule has 68 valence electrons. The van der Waals surface area contributed by atoms with Crippen LogP contribution in [0, 0.1) is 0 Å². The van der Waals surface area contributed by atoms with E-state index in [9.17, 15) is 4.79 Å². The quantitative estimate of drug-likeness (QED) is 0.669. The number of hydrazone groups is 1. The highest BCUT2D eigenvalue weighted by Crippen LogP contribution is 2.19. The minimum absolute atomic E-state index is 0.379. The van der Waals surface area contributed by atoms with Crippen LogP contribution < -0.4 is 5.43 Å². The fourth-order valence-electron chi connectivity index (χ4n) is 0.845. The zero-order valence-electron chi connectivity index (χ0n) is 7.00. The molecule has 1 N–H and O–H groups in total. The van der Waals surface area contributed by atoms with Crippen LogP contribution in [0.3, 0.4) is 0 Å². The lowest BCUT2D eigenvalue weighted by atomic mass is 10.4. The Morgan fingerprint density at radius 2 is 2.67 bits per heavy atom. The number of rotatable bonds is 2. The molecule has 1 amide bonds. The molecule has 0 radical (unpaired) electrons. The molecule has 0 unspecified atom stereocenters. The first-order chi connectivity index (χ1) is 5.83. The molecule has 12 heavy (non-hydrogen) atoms. The van der Waals surface area contributed by atoms with Crippen LogP contribution in [0.15, 0.2) is 5.10 Å². The van der Waals surface area contributed by atoms with Gasteiger partial charge in [0.2, 0.25) is 0 Å². The first-order valence-electron chi connectivity index (χ1n) is 3.95. The third-order valence-corrected chi connectivity index (χ3v) is 2.47. The molecule has 5 heteroatoms. The van der Waals surface area contributed by atoms with E-state index in [2.05, 4.69) is 15.3 Å². The fourth-order valence-corrected chi connectivity index (χ4v) is 1.77. The third-order valence-electron chi connectivity index (χ3n) is 1.35. The molecule has 1 aliphatic heterocycles. The third kappa shape index (κ3) is 3.13. The molecule has 0 saturated carbocycles. The summed E-state index contributed by atoms with van der Waals surface area (Å²) in [7, 11) is 0. The average Bonchev–Trinajstić information content (AvgIpc) is 2.53. The monoisotopic (exact) mass is 188 g/mol. The van der Waals surface area contributed by atoms with Crippen LogP contribution in [0.5, 0.6) is 0 Å². The minimum atomic E-state index is -0.475. The van der Waals surface area contributed by atoms with E-state index in [1.54, 1.807) is 18.7 Å². The van der Waals surface area contributed by atoms with Crippen molar-refractivity contribution < 1.29 is 9.53 Å². The molecule has 1 saturated heterocycles. The highest BCUT2D eigenvalue weighted by molar-refractivity contribution is 8.14. The first-order valence-corrected chi connectivity index (χ1v) is 4.93. The highest BCUT2D eigenvalue weighted by Gasteiger charge is 2.09. The maximum atomic E-state index is 10.8. The number of carbonyl (C=O) groups excluding carboxylic acids is 1. The zero-order valence-corrected chi connectivity index (χ0v) is 7.82. The predicted octanol–water partition coefficient (Wildman–Crippen LogP) is 1.57. The van der Waals surface area contributed by atoms with Gasteiger partial charge in [-0.25, -0.2) is 10.2 Å². The number of thioether (sulfide) groups is 1. The number of ether oxygens (including phenoxy) is 1. The summed E-state index contributed by atoms with van der Waals surface area (Å²) in [6.45, 7) is 2.14. The molecule has 1 heterocycles. The fraction of sp³-hybridized carbons (Fsp3) is 0.714. The number of nitrogens with zero attached hydrogens (tertiary/aromatic N) is 1. The molecule has 0 aromatic heterocycles. The number of hydrogen-bond donors (Lipinski definition) is 1. The maximum absolute atomic E-state index is 10.8. The van der Waals surface area contributed by atoms with Gasteiger partial charge in [0.25, 0.3) is 0 Å². The summed E-state index contributed by atoms with van der Waals surface area (Å²) in [5, 5.41) is 4.89. The van der Waals surface area contributed by atoms with Crippen LogP contribution in [0.1, 0.15) is 19.8 Å². The van der Waals surface area contributed by atoms with Crippen molar-refractivity contribution in [2.75, 3.05) is 12.4 Å². The Balaban J connectivity index is 2.22. The van der Waals surface area contributed by atoms with Crippen molar-refractivity contribution in [2.24, 2.45) is 5.10 Å². The summed E-state index contributed by atoms with van der Waals surface area (Å²) >= 11 is 1.68. The second-order valence-corrected chi connectivity index (χ2v) is 3.46. The van der Waals surface area contributed by atoms with Crippen LogP contribution in [-0.4, -0.2) is 23.5 Å². The van der Waals surface area contributed by atoms with Gasteiger partial charge in [-0.05, 0) is 25.5 Å². The molecule has 0 atom stereocenters. The molecule has 0 aliphatic carbocycles. The molecule has 0 spiro atoms. The van der Waals surface area contributed by atoms with Gasteiger partial charge in [-0.15, -0.1) is 11.8 Å². The van der Waals surface area contributed by atoms with Gasteiger partial charge in [0.1, 0.15) is 0 Å². The van der Waals surface area contributed by atoms with Gasteiger partial charge in [-0.1, -0.05) is 0 Å². The van der Waals surface area contributed by atoms with E-state index in [0.29, 0.717) is 6.61 Å². The summed E-state index contributed by atoms with van der Waals surface area (Å²) in [5.41, 5.74) is 2.33. The summed E-state index contributed by atoms with van der Waals surface area (Å²) in [4.78, 5) is 10.8. The van der Waals surface area contributed by atoms with E-state index < -0.39 is 6.09 Å². The van der Waals surface area contributed by atoms with Crippen LogP contribution >= 0.6 is 11.8 Å². The molecule has 0 aromatic rings. The van der Waals surface area contributed by atoms with Gasteiger partial charge >= 0.3 is 6.09 Å². The molecule has 0 bridgehead atoms. The zero-order chi connectivity index (χ0) is 8.81. The van der Waals surface area contributed by atoms with Crippen molar-refractivity contribution >= 4 is 22.9 Å². The minimum Gasteiger partial charge on any atom is -0.449 e. The Bertz CT molecular complexity index is 186. The molecular formula is C7H12N2O2S. The number of nitrogens with one attached hydrogen (secondary N) is 1. The van der Waals surface area contributed by atoms with E-state index in [1.807, 2.05) is 0 Å². The Morgan fingerprint density at radius 3 is 3.25 bits per heavy atom. The predicted molar refractivity (Wildman–Crippen MR) is 49.3 cm³/mol. The second-order valence-electron chi connectivity index (χ2n) is 2.29. The number of amides is 1. The maximum Gasteiger partial charge on any atom is 0.427 e. The van der Waals surface area contributed by atoms with Gasteiger partial charge in [0, 0.05) is 0 Å². The van der Waals surface area contributed by atoms with Crippen LogP contribution in [0.25, 0.3) is 0 Å². The summed E-state index contributed by atoms with van der Waals surface area (Å²) in [6.07, 6.45) is 1.64. The van der Waals surface area contributed by atoms with Crippen LogP contribution in [0.4, 0.5) is 4.79 Å². The van der Waals surface area contributed by atoms with Crippen molar-refractivity contribution in [3.05, 3.63) is 0 Å². The second kappa shape index (κ2) is 5.03. The van der Waals surface area contributed by atoms with E-state index in [0.717, 1.165) is 23.6 Å². The molecular weight excluding hydrogens is 176 g/mol. The topological polar surface area (TPSA) is 50.7 Å². The lowest BCUT2D eigenvalue weighted by Crippen LogP contribution is -2.19. The van der Waals surface area contributed by atoms with Crippen molar-refractivity contribution in [3.8, 4) is 0 Å². The van der Waals surface area contributed by atoms with Crippen LogP contribution in [-0.2, 0) is 4.74 Å². The van der Waals surface area contributed by atoms with Crippen LogP contribution in [0.2, 0.25) is 0 Å². The Hall–Kier alpha value is -0.710. The molecule has 1 rings (SSSR count). The Labute approximate surface area is 75.7 Å². The lowest BCUT2D eigenvalue weighted by molar-refractivity contribution is 0.152. The van der Waals surface area contributed by atoms with Crippen molar-refractivity contribution in [1.29, 1.82) is 0 Å². The molecule has 4 nitrogen and oxygen atoms in total. The van der Waals surface area contributed by atoms with Gasteiger partial charge in [-0.3, -0.25) is 0 Å². The molecule has 1 aliphatic rings. The van der Waals surface area contributed by atoms with E-state index in [1.165, 1.54) is 0 Å². The largest absolute Gasteiger partial charge is 0.449 e. The van der Waals surface area contributed by atoms with E-state index in [4.69, 9.17) is 0 Å². The van der Waals surface area contributed by atoms with Gasteiger partial charge < -0.3 is 4.74 Å². The van der Waals surface area contributed by atoms with Crippen molar-refractivity contribution in [2.45, 2.75) is 19.8 Å². The molecule has 1 fully saturated rings. The first kappa shape index (κ1) is 9.38. The van der Waals surface area contributed by atoms with Gasteiger partial charge in [-0.2, -0.15) is 5.10 Å². The average molecular weight is 188 g/mol.